The number of anilines is 1. The van der Waals surface area contributed by atoms with Crippen molar-refractivity contribution >= 4 is 11.7 Å². The van der Waals surface area contributed by atoms with Gasteiger partial charge in [0.25, 0.3) is 0 Å². The van der Waals surface area contributed by atoms with Crippen LogP contribution in [0.2, 0.25) is 0 Å². The Morgan fingerprint density at radius 3 is 2.38 bits per heavy atom. The Morgan fingerprint density at radius 1 is 1.25 bits per heavy atom. The zero-order valence-corrected chi connectivity index (χ0v) is 7.80. The molecule has 0 aliphatic carbocycles. The van der Waals surface area contributed by atoms with Gasteiger partial charge in [0.2, 0.25) is 0 Å². The zero-order chi connectivity index (χ0) is 11.9. The molecule has 0 aliphatic heterocycles. The van der Waals surface area contributed by atoms with E-state index in [0.29, 0.717) is 4.68 Å². The summed E-state index contributed by atoms with van der Waals surface area (Å²) < 4.78 is 0.679. The van der Waals surface area contributed by atoms with Crippen LogP contribution in [0, 0.1) is 0 Å². The molecule has 0 fully saturated rings. The van der Waals surface area contributed by atoms with Gasteiger partial charge in [-0.1, -0.05) is 0 Å². The minimum atomic E-state index is -1.28. The number of hydrogen-bond donors (Lipinski definition) is 3. The number of carbonyl (C=O) groups is 1. The number of nitrogens with one attached hydrogen (secondary N) is 1. The molecule has 0 atom stereocenters. The van der Waals surface area contributed by atoms with Crippen LogP contribution in [0.3, 0.4) is 0 Å². The summed E-state index contributed by atoms with van der Waals surface area (Å²) in [6, 6.07) is 3.52. The first-order valence-corrected chi connectivity index (χ1v) is 4.22. The summed E-state index contributed by atoms with van der Waals surface area (Å²) in [6.07, 6.45) is 0. The number of carboxylic acids is 1. The van der Waals surface area contributed by atoms with E-state index in [1.54, 1.807) is 0 Å². The van der Waals surface area contributed by atoms with Gasteiger partial charge < -0.3 is 10.2 Å². The van der Waals surface area contributed by atoms with E-state index in [2.05, 4.69) is 5.43 Å². The minimum Gasteiger partial charge on any atom is -0.508 e. The van der Waals surface area contributed by atoms with Gasteiger partial charge in [-0.3, -0.25) is 15.0 Å². The van der Waals surface area contributed by atoms with Crippen molar-refractivity contribution in [2.24, 2.45) is 0 Å². The smallest absolute Gasteiger partial charge is 0.340 e. The summed E-state index contributed by atoms with van der Waals surface area (Å²) in [5, 5.41) is 17.9. The van der Waals surface area contributed by atoms with Crippen LogP contribution in [0.1, 0.15) is 10.4 Å². The van der Waals surface area contributed by atoms with Crippen LogP contribution in [0.25, 0.3) is 0 Å². The number of rotatable bonds is 3. The summed E-state index contributed by atoms with van der Waals surface area (Å²) in [6.45, 7) is 0. The summed E-state index contributed by atoms with van der Waals surface area (Å²) in [5.74, 6) is -1.49. The maximum absolute atomic E-state index is 10.8. The molecule has 1 aromatic heterocycles. The van der Waals surface area contributed by atoms with Crippen LogP contribution in [0.15, 0.2) is 27.8 Å². The molecule has 0 spiro atoms. The van der Waals surface area contributed by atoms with Gasteiger partial charge in [0.15, 0.2) is 0 Å². The third-order valence-corrected chi connectivity index (χ3v) is 2.00. The van der Waals surface area contributed by atoms with Gasteiger partial charge in [-0.15, -0.1) is 0 Å². The number of benzene rings is 1. The summed E-state index contributed by atoms with van der Waals surface area (Å²) in [7, 11) is 0. The van der Waals surface area contributed by atoms with Crippen molar-refractivity contribution in [1.82, 2.24) is 4.68 Å². The van der Waals surface area contributed by atoms with Gasteiger partial charge in [-0.25, -0.2) is 4.79 Å². The largest absolute Gasteiger partial charge is 0.508 e. The van der Waals surface area contributed by atoms with Crippen molar-refractivity contribution in [3.63, 3.8) is 0 Å². The quantitative estimate of drug-likeness (QED) is 0.471. The molecule has 7 heteroatoms. The highest BCUT2D eigenvalue weighted by Gasteiger charge is 2.19. The molecule has 0 radical (unpaired) electrons. The number of nitrogens with zero attached hydrogens (tertiary/aromatic N) is 1. The second-order valence-corrected chi connectivity index (χ2v) is 3.09. The topological polar surface area (TPSA) is 109 Å². The van der Waals surface area contributed by atoms with Gasteiger partial charge in [0.1, 0.15) is 5.75 Å². The fraction of sp³-hybridized carbons (Fsp3) is 0. The first-order valence-electron chi connectivity index (χ1n) is 4.22. The number of aromatic carboxylic acids is 1. The van der Waals surface area contributed by atoms with Crippen LogP contribution in [0.4, 0.5) is 5.69 Å². The zero-order valence-electron chi connectivity index (χ0n) is 7.80. The molecule has 16 heavy (non-hydrogen) atoms. The molecule has 2 rings (SSSR count). The highest BCUT2D eigenvalue weighted by Crippen LogP contribution is 2.20. The molecule has 0 saturated heterocycles. The predicted molar refractivity (Wildman–Crippen MR) is 53.4 cm³/mol. The van der Waals surface area contributed by atoms with E-state index in [4.69, 9.17) is 10.2 Å². The van der Waals surface area contributed by atoms with Crippen molar-refractivity contribution in [2.75, 3.05) is 5.43 Å². The third-order valence-electron chi connectivity index (χ3n) is 2.00. The maximum atomic E-state index is 10.8. The normalized spacial score (nSPS) is 10.5. The summed E-state index contributed by atoms with van der Waals surface area (Å²) >= 11 is 0. The van der Waals surface area contributed by atoms with Gasteiger partial charge in [-0.05, 0) is 18.2 Å². The van der Waals surface area contributed by atoms with E-state index >= 15 is 0 Å². The summed E-state index contributed by atoms with van der Waals surface area (Å²) in [5.41, 5.74) is 0.701. The highest BCUT2D eigenvalue weighted by molar-refractivity contribution is 5.94. The SMILES string of the molecule is O=C(O)c1cc(O)ccc1Nn1c(=O)c1=O. The van der Waals surface area contributed by atoms with Crippen LogP contribution in [0.5, 0.6) is 5.75 Å². The van der Waals surface area contributed by atoms with E-state index in [1.165, 1.54) is 12.1 Å². The Kier molecular flexibility index (Phi) is 2.01. The molecule has 82 valence electrons. The number of hydrogen-bond acceptors (Lipinski definition) is 5. The highest BCUT2D eigenvalue weighted by atomic mass is 16.4. The van der Waals surface area contributed by atoms with Crippen LogP contribution in [-0.4, -0.2) is 20.9 Å². The van der Waals surface area contributed by atoms with Crippen molar-refractivity contribution in [3.05, 3.63) is 44.5 Å². The van der Waals surface area contributed by atoms with Crippen molar-refractivity contribution in [2.45, 2.75) is 0 Å². The molecule has 0 amide bonds. The molecule has 1 aromatic carbocycles. The predicted octanol–water partition coefficient (Wildman–Crippen LogP) is -0.637. The number of aromatic hydroxyl groups is 1. The second kappa shape index (κ2) is 3.23. The first kappa shape index (κ1) is 9.97. The molecule has 0 bridgehead atoms. The molecule has 0 aliphatic rings. The van der Waals surface area contributed by atoms with Gasteiger partial charge in [0, 0.05) is 0 Å². The lowest BCUT2D eigenvalue weighted by Gasteiger charge is -2.05. The van der Waals surface area contributed by atoms with Crippen LogP contribution >= 0.6 is 0 Å². The summed E-state index contributed by atoms with van der Waals surface area (Å²) in [4.78, 5) is 32.2. The Morgan fingerprint density at radius 2 is 1.88 bits per heavy atom. The van der Waals surface area contributed by atoms with Crippen LogP contribution in [-0.2, 0) is 0 Å². The lowest BCUT2D eigenvalue weighted by atomic mass is 10.2. The molecular weight excluding hydrogens is 216 g/mol. The van der Waals surface area contributed by atoms with E-state index < -0.39 is 17.1 Å². The lowest BCUT2D eigenvalue weighted by Crippen LogP contribution is -2.11. The van der Waals surface area contributed by atoms with E-state index in [1.807, 2.05) is 0 Å². The Labute approximate surface area is 87.8 Å². The van der Waals surface area contributed by atoms with Crippen molar-refractivity contribution in [1.29, 1.82) is 0 Å². The molecule has 2 aromatic rings. The van der Waals surface area contributed by atoms with E-state index in [0.717, 1.165) is 6.07 Å². The first-order chi connectivity index (χ1) is 7.50. The molecule has 0 saturated carbocycles. The van der Waals surface area contributed by atoms with E-state index in [9.17, 15) is 14.4 Å². The number of aromatic nitrogens is 1. The lowest BCUT2D eigenvalue weighted by molar-refractivity contribution is 0.0697. The molecule has 0 unspecified atom stereocenters. The molecule has 1 heterocycles. The van der Waals surface area contributed by atoms with Gasteiger partial charge in [0.05, 0.1) is 11.3 Å². The van der Waals surface area contributed by atoms with E-state index in [-0.39, 0.29) is 17.0 Å². The fourth-order valence-electron chi connectivity index (χ4n) is 1.16. The Hall–Kier alpha value is -2.57. The van der Waals surface area contributed by atoms with Crippen molar-refractivity contribution in [3.8, 4) is 5.75 Å². The molecule has 3 N–H and O–H groups in total. The Bertz CT molecular complexity index is 610. The number of phenols is 1. The Balaban J connectivity index is 2.41. The average molecular weight is 222 g/mol. The monoisotopic (exact) mass is 222 g/mol. The standard InChI is InChI=1S/C9H6N2O5/c12-4-1-2-6(5(3-4)9(15)16)10-11-7(13)8(11)14/h1-3,10,12H,(H,15,16). The minimum absolute atomic E-state index is 0.0597. The second-order valence-electron chi connectivity index (χ2n) is 3.09. The molecule has 7 nitrogen and oxygen atoms in total. The third kappa shape index (κ3) is 1.54. The van der Waals surface area contributed by atoms with Gasteiger partial charge in [-0.2, -0.15) is 4.68 Å². The van der Waals surface area contributed by atoms with Gasteiger partial charge >= 0.3 is 17.1 Å². The van der Waals surface area contributed by atoms with Crippen molar-refractivity contribution < 1.29 is 15.0 Å². The fourth-order valence-corrected chi connectivity index (χ4v) is 1.16. The van der Waals surface area contributed by atoms with Crippen LogP contribution < -0.4 is 16.5 Å². The average Bonchev–Trinajstić information content (AvgIpc) is 2.78. The molecular formula is C9H6N2O5. The maximum Gasteiger partial charge on any atom is 0.340 e. The number of phenolic OH excluding ortho intramolecular Hbond substituents is 1. The number of carboxylic acid groups (broad SMARTS) is 1.